The normalized spacial score (nSPS) is 12.1. The molecule has 0 aromatic heterocycles. The van der Waals surface area contributed by atoms with Crippen LogP contribution in [0.2, 0.25) is 0 Å². The van der Waals surface area contributed by atoms with E-state index in [1.807, 2.05) is 6.07 Å². The summed E-state index contributed by atoms with van der Waals surface area (Å²) in [6.45, 7) is 2.50. The Kier molecular flexibility index (Phi) is 7.71. The van der Waals surface area contributed by atoms with Crippen LogP contribution < -0.4 is 0 Å². The summed E-state index contributed by atoms with van der Waals surface area (Å²) in [7, 11) is 0. The highest BCUT2D eigenvalue weighted by Crippen LogP contribution is 2.27. The number of carbonyl (C=O) groups is 1. The summed E-state index contributed by atoms with van der Waals surface area (Å²) in [5.41, 5.74) is 1.36. The fourth-order valence-electron chi connectivity index (χ4n) is 2.33. The van der Waals surface area contributed by atoms with Crippen molar-refractivity contribution < 1.29 is 14.6 Å². The second-order valence-electron chi connectivity index (χ2n) is 4.86. The van der Waals surface area contributed by atoms with Crippen molar-refractivity contribution in [1.29, 1.82) is 0 Å². The Morgan fingerprint density at radius 2 is 1.84 bits per heavy atom. The van der Waals surface area contributed by atoms with Crippen molar-refractivity contribution in [3.63, 3.8) is 0 Å². The zero-order valence-electron chi connectivity index (χ0n) is 11.7. The summed E-state index contributed by atoms with van der Waals surface area (Å²) in [4.78, 5) is 10.3. The van der Waals surface area contributed by atoms with E-state index in [1.165, 1.54) is 31.2 Å². The van der Waals surface area contributed by atoms with Gasteiger partial charge >= 0.3 is 6.16 Å². The Hall–Kier alpha value is -1.51. The van der Waals surface area contributed by atoms with Crippen LogP contribution in [0.4, 0.5) is 4.79 Å². The largest absolute Gasteiger partial charge is 0.505 e. The van der Waals surface area contributed by atoms with E-state index in [0.717, 1.165) is 12.8 Å². The van der Waals surface area contributed by atoms with Gasteiger partial charge in [-0.2, -0.15) is 0 Å². The van der Waals surface area contributed by atoms with E-state index in [4.69, 9.17) is 5.11 Å². The van der Waals surface area contributed by atoms with Crippen LogP contribution in [0.1, 0.15) is 56.9 Å². The van der Waals surface area contributed by atoms with E-state index in [9.17, 15) is 4.79 Å². The SMILES string of the molecule is CCCCCC(CCCOC(=O)O)c1ccccc1. The molecule has 106 valence electrons. The van der Waals surface area contributed by atoms with Crippen LogP contribution in [-0.4, -0.2) is 17.9 Å². The van der Waals surface area contributed by atoms with Gasteiger partial charge in [0.25, 0.3) is 0 Å². The molecule has 0 aliphatic heterocycles. The smallest absolute Gasteiger partial charge is 0.450 e. The van der Waals surface area contributed by atoms with Crippen molar-refractivity contribution in [3.05, 3.63) is 35.9 Å². The van der Waals surface area contributed by atoms with Crippen molar-refractivity contribution in [2.45, 2.75) is 51.4 Å². The van der Waals surface area contributed by atoms with Gasteiger partial charge in [-0.1, -0.05) is 56.5 Å². The molecule has 3 nitrogen and oxygen atoms in total. The number of ether oxygens (including phenoxy) is 1. The molecule has 0 spiro atoms. The lowest BCUT2D eigenvalue weighted by Gasteiger charge is -2.17. The average Bonchev–Trinajstić information content (AvgIpc) is 2.42. The third kappa shape index (κ3) is 6.85. The van der Waals surface area contributed by atoms with Crippen LogP contribution in [0.5, 0.6) is 0 Å². The summed E-state index contributed by atoms with van der Waals surface area (Å²) < 4.78 is 4.57. The van der Waals surface area contributed by atoms with Crippen LogP contribution in [0.3, 0.4) is 0 Å². The number of hydrogen-bond donors (Lipinski definition) is 1. The molecule has 0 heterocycles. The first-order chi connectivity index (χ1) is 9.24. The number of rotatable bonds is 9. The van der Waals surface area contributed by atoms with E-state index in [1.54, 1.807) is 0 Å². The molecular weight excluding hydrogens is 240 g/mol. The molecule has 3 heteroatoms. The molecule has 0 aliphatic rings. The molecule has 0 aliphatic carbocycles. The minimum absolute atomic E-state index is 0.298. The zero-order chi connectivity index (χ0) is 13.9. The lowest BCUT2D eigenvalue weighted by atomic mass is 9.89. The number of unbranched alkanes of at least 4 members (excludes halogenated alkanes) is 2. The Morgan fingerprint density at radius 1 is 1.16 bits per heavy atom. The van der Waals surface area contributed by atoms with Gasteiger partial charge in [0.05, 0.1) is 6.61 Å². The average molecular weight is 264 g/mol. The van der Waals surface area contributed by atoms with Crippen molar-refractivity contribution in [3.8, 4) is 0 Å². The summed E-state index contributed by atoms with van der Waals surface area (Å²) in [5.74, 6) is 0.519. The monoisotopic (exact) mass is 264 g/mol. The molecule has 1 unspecified atom stereocenters. The van der Waals surface area contributed by atoms with Crippen LogP contribution in [0, 0.1) is 0 Å². The molecule has 1 aromatic rings. The molecule has 1 N–H and O–H groups in total. The number of carboxylic acid groups (broad SMARTS) is 1. The van der Waals surface area contributed by atoms with Gasteiger partial charge < -0.3 is 9.84 Å². The van der Waals surface area contributed by atoms with E-state index in [-0.39, 0.29) is 0 Å². The van der Waals surface area contributed by atoms with Gasteiger partial charge in [0.15, 0.2) is 0 Å². The Balaban J connectivity index is 2.43. The highest BCUT2D eigenvalue weighted by Gasteiger charge is 2.11. The predicted molar refractivity (Wildman–Crippen MR) is 76.5 cm³/mol. The summed E-state index contributed by atoms with van der Waals surface area (Å²) in [6.07, 6.45) is 5.49. The highest BCUT2D eigenvalue weighted by atomic mass is 16.7. The summed E-state index contributed by atoms with van der Waals surface area (Å²) in [6, 6.07) is 10.5. The second-order valence-corrected chi connectivity index (χ2v) is 4.86. The van der Waals surface area contributed by atoms with E-state index in [2.05, 4.69) is 35.9 Å². The van der Waals surface area contributed by atoms with Gasteiger partial charge in [-0.25, -0.2) is 4.79 Å². The first kappa shape index (κ1) is 15.5. The maximum atomic E-state index is 10.3. The van der Waals surface area contributed by atoms with Gasteiger partial charge in [0.2, 0.25) is 0 Å². The van der Waals surface area contributed by atoms with Gasteiger partial charge in [-0.05, 0) is 30.7 Å². The quantitative estimate of drug-likeness (QED) is 0.513. The van der Waals surface area contributed by atoms with E-state index < -0.39 is 6.16 Å². The maximum Gasteiger partial charge on any atom is 0.505 e. The molecule has 19 heavy (non-hydrogen) atoms. The maximum absolute atomic E-state index is 10.3. The van der Waals surface area contributed by atoms with Crippen LogP contribution >= 0.6 is 0 Å². The molecule has 1 rings (SSSR count). The first-order valence-corrected chi connectivity index (χ1v) is 7.14. The molecular formula is C16H24O3. The van der Waals surface area contributed by atoms with Crippen molar-refractivity contribution >= 4 is 6.16 Å². The molecule has 0 saturated carbocycles. The fourth-order valence-corrected chi connectivity index (χ4v) is 2.33. The lowest BCUT2D eigenvalue weighted by Crippen LogP contribution is -2.05. The Labute approximate surface area is 115 Å². The summed E-state index contributed by atoms with van der Waals surface area (Å²) >= 11 is 0. The Bertz CT molecular complexity index is 348. The van der Waals surface area contributed by atoms with Crippen LogP contribution in [-0.2, 0) is 4.74 Å². The van der Waals surface area contributed by atoms with Gasteiger partial charge in [0.1, 0.15) is 0 Å². The molecule has 1 aromatic carbocycles. The molecule has 0 radical (unpaired) electrons. The van der Waals surface area contributed by atoms with Gasteiger partial charge in [-0.15, -0.1) is 0 Å². The van der Waals surface area contributed by atoms with E-state index >= 15 is 0 Å². The standard InChI is InChI=1S/C16H24O3/c1-2-3-5-9-15(12-8-13-19-16(17)18)14-10-6-4-7-11-14/h4,6-7,10-11,15H,2-3,5,8-9,12-13H2,1H3,(H,17,18). The molecule has 0 saturated heterocycles. The van der Waals surface area contributed by atoms with Crippen molar-refractivity contribution in [1.82, 2.24) is 0 Å². The predicted octanol–water partition coefficient (Wildman–Crippen LogP) is 4.83. The molecule has 1 atom stereocenters. The highest BCUT2D eigenvalue weighted by molar-refractivity contribution is 5.56. The second kappa shape index (κ2) is 9.42. The minimum atomic E-state index is -1.18. The minimum Gasteiger partial charge on any atom is -0.450 e. The van der Waals surface area contributed by atoms with Crippen LogP contribution in [0.25, 0.3) is 0 Å². The molecule has 0 amide bonds. The van der Waals surface area contributed by atoms with Crippen molar-refractivity contribution in [2.24, 2.45) is 0 Å². The van der Waals surface area contributed by atoms with Crippen molar-refractivity contribution in [2.75, 3.05) is 6.61 Å². The third-order valence-electron chi connectivity index (χ3n) is 3.35. The zero-order valence-corrected chi connectivity index (χ0v) is 11.7. The molecule has 0 bridgehead atoms. The van der Waals surface area contributed by atoms with E-state index in [0.29, 0.717) is 12.5 Å². The fraction of sp³-hybridized carbons (Fsp3) is 0.562. The number of benzene rings is 1. The summed E-state index contributed by atoms with van der Waals surface area (Å²) in [5, 5.41) is 8.45. The lowest BCUT2D eigenvalue weighted by molar-refractivity contribution is 0.0895. The Morgan fingerprint density at radius 3 is 2.47 bits per heavy atom. The topological polar surface area (TPSA) is 46.5 Å². The van der Waals surface area contributed by atoms with Gasteiger partial charge in [0, 0.05) is 0 Å². The molecule has 0 fully saturated rings. The first-order valence-electron chi connectivity index (χ1n) is 7.14. The van der Waals surface area contributed by atoms with Gasteiger partial charge in [-0.3, -0.25) is 0 Å². The number of hydrogen-bond acceptors (Lipinski definition) is 2. The van der Waals surface area contributed by atoms with Crippen LogP contribution in [0.15, 0.2) is 30.3 Å². The third-order valence-corrected chi connectivity index (χ3v) is 3.35.